The molecule has 1 saturated heterocycles. The molecule has 1 atom stereocenters. The van der Waals surface area contributed by atoms with Crippen molar-refractivity contribution in [3.05, 3.63) is 35.1 Å². The highest BCUT2D eigenvalue weighted by Crippen LogP contribution is 2.23. The van der Waals surface area contributed by atoms with Crippen LogP contribution in [-0.2, 0) is 6.54 Å². The Morgan fingerprint density at radius 3 is 3.00 bits per heavy atom. The van der Waals surface area contributed by atoms with Crippen LogP contribution in [0.1, 0.15) is 50.2 Å². The number of aliphatic hydroxyl groups excluding tert-OH is 1. The second kappa shape index (κ2) is 8.17. The van der Waals surface area contributed by atoms with Crippen molar-refractivity contribution in [1.29, 1.82) is 0 Å². The van der Waals surface area contributed by atoms with Crippen molar-refractivity contribution in [2.75, 3.05) is 13.2 Å². The van der Waals surface area contributed by atoms with Gasteiger partial charge in [-0.15, -0.1) is 0 Å². The fourth-order valence-electron chi connectivity index (χ4n) is 2.97. The number of hydrogen-bond acceptors (Lipinski definition) is 2. The van der Waals surface area contributed by atoms with E-state index in [4.69, 9.17) is 5.11 Å². The molecule has 1 N–H and O–H groups in total. The van der Waals surface area contributed by atoms with Crippen molar-refractivity contribution in [1.82, 2.24) is 4.90 Å². The third-order valence-electron chi connectivity index (χ3n) is 4.13. The first-order valence-corrected chi connectivity index (χ1v) is 7.86. The van der Waals surface area contributed by atoms with Gasteiger partial charge in [0.1, 0.15) is 5.82 Å². The zero-order valence-corrected chi connectivity index (χ0v) is 12.7. The third-order valence-corrected chi connectivity index (χ3v) is 4.13. The first kappa shape index (κ1) is 16.0. The van der Waals surface area contributed by atoms with E-state index in [9.17, 15) is 4.39 Å². The first-order valence-electron chi connectivity index (χ1n) is 7.86. The number of piperidine rings is 1. The Bertz CT molecular complexity index is 518. The van der Waals surface area contributed by atoms with E-state index in [1.165, 1.54) is 31.4 Å². The summed E-state index contributed by atoms with van der Waals surface area (Å²) < 4.78 is 13.4. The first-order chi connectivity index (χ1) is 10.2. The van der Waals surface area contributed by atoms with E-state index in [2.05, 4.69) is 23.7 Å². The van der Waals surface area contributed by atoms with Gasteiger partial charge in [-0.3, -0.25) is 4.90 Å². The lowest BCUT2D eigenvalue weighted by Crippen LogP contribution is -2.38. The summed E-state index contributed by atoms with van der Waals surface area (Å²) >= 11 is 0. The molecule has 1 aliphatic heterocycles. The molecule has 1 aliphatic rings. The van der Waals surface area contributed by atoms with Crippen molar-refractivity contribution < 1.29 is 9.50 Å². The maximum atomic E-state index is 13.4. The Hall–Kier alpha value is -1.37. The van der Waals surface area contributed by atoms with Crippen LogP contribution in [0.25, 0.3) is 0 Å². The topological polar surface area (TPSA) is 23.5 Å². The summed E-state index contributed by atoms with van der Waals surface area (Å²) in [7, 11) is 0. The molecule has 1 unspecified atom stereocenters. The van der Waals surface area contributed by atoms with Gasteiger partial charge in [0, 0.05) is 24.6 Å². The van der Waals surface area contributed by atoms with E-state index in [1.807, 2.05) is 6.07 Å². The summed E-state index contributed by atoms with van der Waals surface area (Å²) in [6, 6.07) is 5.49. The normalized spacial score (nSPS) is 19.1. The van der Waals surface area contributed by atoms with Gasteiger partial charge in [-0.05, 0) is 43.5 Å². The molecule has 0 spiro atoms. The highest BCUT2D eigenvalue weighted by Gasteiger charge is 2.21. The number of benzene rings is 1. The molecule has 3 heteroatoms. The minimum absolute atomic E-state index is 0.0433. The summed E-state index contributed by atoms with van der Waals surface area (Å²) in [5.41, 5.74) is 1.84. The van der Waals surface area contributed by atoms with Crippen molar-refractivity contribution in [3.8, 4) is 11.8 Å². The standard InChI is InChI=1S/C18H24FNO/c1-2-18-8-3-5-11-20(18)14-16-9-10-17(19)13-15(16)7-4-6-12-21/h9-10,13,18,21H,2-3,5-6,8,11-12,14H2,1H3. The molecule has 2 nitrogen and oxygen atoms in total. The summed E-state index contributed by atoms with van der Waals surface area (Å²) in [6.07, 6.45) is 5.39. The lowest BCUT2D eigenvalue weighted by molar-refractivity contribution is 0.136. The Kier molecular flexibility index (Phi) is 6.22. The van der Waals surface area contributed by atoms with E-state index < -0.39 is 0 Å². The summed E-state index contributed by atoms with van der Waals surface area (Å²) in [4.78, 5) is 2.49. The molecule has 1 heterocycles. The van der Waals surface area contributed by atoms with Crippen LogP contribution in [0.5, 0.6) is 0 Å². The molecular weight excluding hydrogens is 265 g/mol. The van der Waals surface area contributed by atoms with E-state index in [0.717, 1.165) is 30.6 Å². The highest BCUT2D eigenvalue weighted by atomic mass is 19.1. The predicted octanol–water partition coefficient (Wildman–Crippen LogP) is 3.32. The van der Waals surface area contributed by atoms with Crippen LogP contribution < -0.4 is 0 Å². The molecule has 0 aromatic heterocycles. The minimum atomic E-state index is -0.252. The molecular formula is C18H24FNO. The van der Waals surface area contributed by atoms with Gasteiger partial charge in [0.2, 0.25) is 0 Å². The van der Waals surface area contributed by atoms with Crippen LogP contribution in [0.4, 0.5) is 4.39 Å². The minimum Gasteiger partial charge on any atom is -0.395 e. The number of aliphatic hydroxyl groups is 1. The maximum Gasteiger partial charge on any atom is 0.124 e. The van der Waals surface area contributed by atoms with Crippen LogP contribution in [0.3, 0.4) is 0 Å². The van der Waals surface area contributed by atoms with Gasteiger partial charge < -0.3 is 5.11 Å². The summed E-state index contributed by atoms with van der Waals surface area (Å²) in [6.45, 7) is 4.22. The number of halogens is 1. The number of nitrogens with zero attached hydrogens (tertiary/aromatic N) is 1. The van der Waals surface area contributed by atoms with E-state index in [-0.39, 0.29) is 12.4 Å². The molecule has 114 valence electrons. The van der Waals surface area contributed by atoms with Gasteiger partial charge in [-0.1, -0.05) is 31.3 Å². The van der Waals surface area contributed by atoms with Crippen LogP contribution in [0.15, 0.2) is 18.2 Å². The van der Waals surface area contributed by atoms with Gasteiger partial charge in [0.15, 0.2) is 0 Å². The van der Waals surface area contributed by atoms with Gasteiger partial charge >= 0.3 is 0 Å². The molecule has 0 radical (unpaired) electrons. The molecule has 0 aliphatic carbocycles. The Labute approximate surface area is 127 Å². The highest BCUT2D eigenvalue weighted by molar-refractivity contribution is 5.41. The lowest BCUT2D eigenvalue weighted by atomic mass is 9.98. The fourth-order valence-corrected chi connectivity index (χ4v) is 2.97. The maximum absolute atomic E-state index is 13.4. The quantitative estimate of drug-likeness (QED) is 0.860. The van der Waals surface area contributed by atoms with Gasteiger partial charge in [-0.25, -0.2) is 4.39 Å². The number of hydrogen-bond donors (Lipinski definition) is 1. The van der Waals surface area contributed by atoms with E-state index in [0.29, 0.717) is 12.5 Å². The average Bonchev–Trinajstić information content (AvgIpc) is 2.50. The molecule has 1 aromatic rings. The van der Waals surface area contributed by atoms with E-state index in [1.54, 1.807) is 0 Å². The monoisotopic (exact) mass is 289 g/mol. The Balaban J connectivity index is 2.16. The largest absolute Gasteiger partial charge is 0.395 e. The van der Waals surface area contributed by atoms with Crippen LogP contribution in [0.2, 0.25) is 0 Å². The SMILES string of the molecule is CCC1CCCCN1Cc1ccc(F)cc1C#CCCO. The number of rotatable bonds is 4. The van der Waals surface area contributed by atoms with Crippen molar-refractivity contribution in [2.24, 2.45) is 0 Å². The second-order valence-electron chi connectivity index (χ2n) is 5.61. The average molecular weight is 289 g/mol. The van der Waals surface area contributed by atoms with Gasteiger partial charge in [0.05, 0.1) is 6.61 Å². The fraction of sp³-hybridized carbons (Fsp3) is 0.556. The molecule has 0 saturated carbocycles. The van der Waals surface area contributed by atoms with E-state index >= 15 is 0 Å². The smallest absolute Gasteiger partial charge is 0.124 e. The summed E-state index contributed by atoms with van der Waals surface area (Å²) in [5, 5.41) is 8.81. The van der Waals surface area contributed by atoms with Crippen LogP contribution in [0, 0.1) is 17.7 Å². The predicted molar refractivity (Wildman–Crippen MR) is 83.3 cm³/mol. The lowest BCUT2D eigenvalue weighted by Gasteiger charge is -2.35. The number of likely N-dealkylation sites (tertiary alicyclic amines) is 1. The third kappa shape index (κ3) is 4.56. The van der Waals surface area contributed by atoms with Crippen LogP contribution in [-0.4, -0.2) is 29.2 Å². The van der Waals surface area contributed by atoms with Gasteiger partial charge in [-0.2, -0.15) is 0 Å². The van der Waals surface area contributed by atoms with Crippen molar-refractivity contribution in [3.63, 3.8) is 0 Å². The molecule has 0 amide bonds. The molecule has 2 rings (SSSR count). The Morgan fingerprint density at radius 2 is 2.24 bits per heavy atom. The zero-order valence-electron chi connectivity index (χ0n) is 12.7. The van der Waals surface area contributed by atoms with Crippen molar-refractivity contribution in [2.45, 2.75) is 51.6 Å². The molecule has 21 heavy (non-hydrogen) atoms. The zero-order chi connectivity index (χ0) is 15.1. The Morgan fingerprint density at radius 1 is 1.38 bits per heavy atom. The second-order valence-corrected chi connectivity index (χ2v) is 5.61. The van der Waals surface area contributed by atoms with Crippen LogP contribution >= 0.6 is 0 Å². The van der Waals surface area contributed by atoms with Crippen molar-refractivity contribution >= 4 is 0 Å². The molecule has 1 fully saturated rings. The van der Waals surface area contributed by atoms with Gasteiger partial charge in [0.25, 0.3) is 0 Å². The summed E-state index contributed by atoms with van der Waals surface area (Å²) in [5.74, 6) is 5.64. The molecule has 0 bridgehead atoms. The molecule has 1 aromatic carbocycles.